The highest BCUT2D eigenvalue weighted by Gasteiger charge is 2.23. The maximum absolute atomic E-state index is 12.8. The van der Waals surface area contributed by atoms with Gasteiger partial charge in [0.2, 0.25) is 0 Å². The molecule has 1 amide bonds. The molecule has 0 bridgehead atoms. The van der Waals surface area contributed by atoms with Crippen molar-refractivity contribution < 1.29 is 9.53 Å². The lowest BCUT2D eigenvalue weighted by molar-refractivity contribution is 0.0935. The molecule has 4 aromatic rings. The number of likely N-dealkylation sites (tertiary alicyclic amines) is 2. The fourth-order valence-electron chi connectivity index (χ4n) is 6.70. The van der Waals surface area contributed by atoms with Crippen molar-refractivity contribution in [3.63, 3.8) is 0 Å². The van der Waals surface area contributed by atoms with E-state index in [9.17, 15) is 4.79 Å². The molecule has 1 atom stereocenters. The number of nitrogens with one attached hydrogen (secondary N) is 1. The van der Waals surface area contributed by atoms with E-state index in [1.54, 1.807) is 18.2 Å². The van der Waals surface area contributed by atoms with Crippen LogP contribution in [0, 0.1) is 0 Å². The number of fused-ring (bicyclic) bond motifs is 3. The lowest BCUT2D eigenvalue weighted by Crippen LogP contribution is -2.37. The molecule has 1 aromatic heterocycles. The summed E-state index contributed by atoms with van der Waals surface area (Å²) < 4.78 is 8.75. The maximum Gasteiger partial charge on any atom is 0.251 e. The Balaban J connectivity index is 1.03. The first-order valence-electron chi connectivity index (χ1n) is 15.2. The van der Waals surface area contributed by atoms with E-state index in [0.29, 0.717) is 28.9 Å². The van der Waals surface area contributed by atoms with E-state index in [2.05, 4.69) is 76.1 Å². The number of aromatic nitrogens is 1. The number of hydrogen-bond donors (Lipinski definition) is 1. The Morgan fingerprint density at radius 2 is 1.78 bits per heavy atom. The van der Waals surface area contributed by atoms with Gasteiger partial charge in [0.15, 0.2) is 0 Å². The van der Waals surface area contributed by atoms with E-state index in [4.69, 9.17) is 16.3 Å². The van der Waals surface area contributed by atoms with Crippen LogP contribution >= 0.6 is 11.6 Å². The minimum Gasteiger partial charge on any atom is -0.489 e. The van der Waals surface area contributed by atoms with Gasteiger partial charge in [0, 0.05) is 66.1 Å². The number of benzene rings is 3. The Bertz CT molecular complexity index is 1520. The Morgan fingerprint density at radius 3 is 2.56 bits per heavy atom. The van der Waals surface area contributed by atoms with Gasteiger partial charge in [-0.15, -0.1) is 0 Å². The Kier molecular flexibility index (Phi) is 8.52. The summed E-state index contributed by atoms with van der Waals surface area (Å²) in [6, 6.07) is 21.5. The highest BCUT2D eigenvalue weighted by atomic mass is 35.5. The third kappa shape index (κ3) is 6.11. The largest absolute Gasteiger partial charge is 0.489 e. The highest BCUT2D eigenvalue weighted by molar-refractivity contribution is 6.32. The second-order valence-corrected chi connectivity index (χ2v) is 12.1. The highest BCUT2D eigenvalue weighted by Crippen LogP contribution is 2.31. The van der Waals surface area contributed by atoms with Crippen molar-refractivity contribution in [3.8, 4) is 5.75 Å². The topological polar surface area (TPSA) is 49.7 Å². The number of piperidine rings is 1. The third-order valence-corrected chi connectivity index (χ3v) is 9.33. The molecule has 6 nitrogen and oxygen atoms in total. The van der Waals surface area contributed by atoms with Gasteiger partial charge in [-0.2, -0.15) is 0 Å². The number of para-hydroxylation sites is 1. The summed E-state index contributed by atoms with van der Waals surface area (Å²) in [5.74, 6) is 0.534. The van der Waals surface area contributed by atoms with Crippen molar-refractivity contribution in [2.45, 2.75) is 64.3 Å². The van der Waals surface area contributed by atoms with Gasteiger partial charge in [0.1, 0.15) is 11.9 Å². The molecule has 2 saturated heterocycles. The van der Waals surface area contributed by atoms with Crippen LogP contribution in [0.1, 0.15) is 54.9 Å². The molecule has 216 valence electrons. The molecule has 0 spiro atoms. The van der Waals surface area contributed by atoms with Crippen LogP contribution in [0.4, 0.5) is 0 Å². The first kappa shape index (κ1) is 28.1. The number of amides is 1. The van der Waals surface area contributed by atoms with E-state index >= 15 is 0 Å². The number of halogens is 1. The van der Waals surface area contributed by atoms with Crippen LogP contribution in [0.25, 0.3) is 21.8 Å². The fraction of sp³-hybridized carbons (Fsp3) is 0.441. The van der Waals surface area contributed by atoms with Gasteiger partial charge >= 0.3 is 0 Å². The van der Waals surface area contributed by atoms with Crippen molar-refractivity contribution in [1.29, 1.82) is 0 Å². The Morgan fingerprint density at radius 1 is 0.976 bits per heavy atom. The number of carbonyl (C=O) groups excluding carboxylic acids is 1. The number of rotatable bonds is 9. The first-order chi connectivity index (χ1) is 20.0. The zero-order valence-corrected chi connectivity index (χ0v) is 25.0. The molecule has 2 aliphatic rings. The zero-order valence-electron chi connectivity index (χ0n) is 24.2. The van der Waals surface area contributed by atoms with Crippen molar-refractivity contribution in [2.24, 2.45) is 0 Å². The molecule has 6 rings (SSSR count). The SMILES string of the molecule is CCn1c2ccccc2c2cc(CN3CCC(Oc4cc(C(=O)NCCC5CCCN5C)ccc4Cl)CC3)ccc21. The fourth-order valence-corrected chi connectivity index (χ4v) is 6.86. The monoisotopic (exact) mass is 572 g/mol. The quantitative estimate of drug-likeness (QED) is 0.242. The Hall–Kier alpha value is -3.06. The maximum atomic E-state index is 12.8. The van der Waals surface area contributed by atoms with E-state index in [-0.39, 0.29) is 12.0 Å². The van der Waals surface area contributed by atoms with Crippen LogP contribution in [0.5, 0.6) is 5.75 Å². The summed E-state index contributed by atoms with van der Waals surface area (Å²) >= 11 is 6.49. The number of aryl methyl sites for hydroxylation is 1. The minimum atomic E-state index is -0.0685. The number of carbonyl (C=O) groups is 1. The number of hydrogen-bond acceptors (Lipinski definition) is 4. The predicted molar refractivity (Wildman–Crippen MR) is 168 cm³/mol. The molecule has 1 N–H and O–H groups in total. The van der Waals surface area contributed by atoms with Gasteiger partial charge in [-0.05, 0) is 94.6 Å². The van der Waals surface area contributed by atoms with Gasteiger partial charge in [-0.25, -0.2) is 0 Å². The molecule has 0 aliphatic carbocycles. The molecule has 2 aliphatic heterocycles. The second-order valence-electron chi connectivity index (χ2n) is 11.7. The van der Waals surface area contributed by atoms with Crippen molar-refractivity contribution in [2.75, 3.05) is 33.2 Å². The molecular formula is C34H41ClN4O2. The number of nitrogens with zero attached hydrogens (tertiary/aromatic N) is 3. The van der Waals surface area contributed by atoms with Crippen LogP contribution in [-0.4, -0.2) is 65.6 Å². The van der Waals surface area contributed by atoms with Crippen LogP contribution in [-0.2, 0) is 13.1 Å². The number of ether oxygens (including phenoxy) is 1. The first-order valence-corrected chi connectivity index (χ1v) is 15.5. The summed E-state index contributed by atoms with van der Waals surface area (Å²) in [6.07, 6.45) is 5.38. The van der Waals surface area contributed by atoms with Crippen LogP contribution in [0.15, 0.2) is 60.7 Å². The van der Waals surface area contributed by atoms with Gasteiger partial charge in [-0.1, -0.05) is 35.9 Å². The molecule has 2 fully saturated rings. The smallest absolute Gasteiger partial charge is 0.251 e. The normalized spacial score (nSPS) is 18.9. The van der Waals surface area contributed by atoms with Crippen molar-refractivity contribution in [3.05, 3.63) is 76.8 Å². The molecular weight excluding hydrogens is 532 g/mol. The Labute approximate surface area is 248 Å². The average molecular weight is 573 g/mol. The van der Waals surface area contributed by atoms with Gasteiger partial charge < -0.3 is 19.5 Å². The van der Waals surface area contributed by atoms with Crippen molar-refractivity contribution >= 4 is 39.3 Å². The van der Waals surface area contributed by atoms with E-state index < -0.39 is 0 Å². The third-order valence-electron chi connectivity index (χ3n) is 9.02. The van der Waals surface area contributed by atoms with E-state index in [0.717, 1.165) is 52.0 Å². The lowest BCUT2D eigenvalue weighted by Gasteiger charge is -2.32. The van der Waals surface area contributed by atoms with Crippen LogP contribution in [0.3, 0.4) is 0 Å². The molecule has 0 radical (unpaired) electrons. The molecule has 41 heavy (non-hydrogen) atoms. The molecule has 3 aromatic carbocycles. The predicted octanol–water partition coefficient (Wildman–Crippen LogP) is 6.73. The molecule has 0 saturated carbocycles. The van der Waals surface area contributed by atoms with Crippen LogP contribution < -0.4 is 10.1 Å². The van der Waals surface area contributed by atoms with Gasteiger partial charge in [-0.3, -0.25) is 9.69 Å². The lowest BCUT2D eigenvalue weighted by atomic mass is 10.0. The summed E-state index contributed by atoms with van der Waals surface area (Å²) in [6.45, 7) is 7.87. The summed E-state index contributed by atoms with van der Waals surface area (Å²) in [5.41, 5.74) is 4.55. The molecule has 7 heteroatoms. The summed E-state index contributed by atoms with van der Waals surface area (Å²) in [4.78, 5) is 17.7. The zero-order chi connectivity index (χ0) is 28.3. The standard InChI is InChI=1S/C34H41ClN4O2/c1-3-39-31-9-5-4-8-28(31)29-21-24(10-13-32(29)39)23-38-19-15-27(16-20-38)41-33-22-25(11-12-30(33)35)34(40)36-17-14-26-7-6-18-37(26)2/h4-5,8-13,21-22,26-27H,3,6-7,14-20,23H2,1-2H3,(H,36,40). The van der Waals surface area contributed by atoms with Gasteiger partial charge in [0.25, 0.3) is 5.91 Å². The second kappa shape index (κ2) is 12.4. The van der Waals surface area contributed by atoms with Gasteiger partial charge in [0.05, 0.1) is 5.02 Å². The average Bonchev–Trinajstić information content (AvgIpc) is 3.54. The van der Waals surface area contributed by atoms with E-state index in [1.165, 1.54) is 40.2 Å². The van der Waals surface area contributed by atoms with Crippen LogP contribution in [0.2, 0.25) is 5.02 Å². The van der Waals surface area contributed by atoms with Crippen molar-refractivity contribution in [1.82, 2.24) is 19.7 Å². The van der Waals surface area contributed by atoms with E-state index in [1.807, 2.05) is 0 Å². The summed E-state index contributed by atoms with van der Waals surface area (Å²) in [5, 5.41) is 6.29. The minimum absolute atomic E-state index is 0.0685. The molecule has 1 unspecified atom stereocenters. The summed E-state index contributed by atoms with van der Waals surface area (Å²) in [7, 11) is 2.17. The molecule has 3 heterocycles.